The summed E-state index contributed by atoms with van der Waals surface area (Å²) in [6, 6.07) is 9.72. The van der Waals surface area contributed by atoms with Crippen molar-refractivity contribution in [3.8, 4) is 22.9 Å². The summed E-state index contributed by atoms with van der Waals surface area (Å²) in [6.07, 6.45) is 5.54. The number of aromatic nitrogens is 2. The Labute approximate surface area is 173 Å². The first kappa shape index (κ1) is 18.8. The number of fused-ring (bicyclic) bond motifs is 3. The summed E-state index contributed by atoms with van der Waals surface area (Å²) in [5, 5.41) is 31.1. The van der Waals surface area contributed by atoms with Gasteiger partial charge in [0.15, 0.2) is 11.8 Å². The van der Waals surface area contributed by atoms with Gasteiger partial charge in [-0.15, -0.1) is 0 Å². The number of aliphatic hydroxyl groups is 1. The highest BCUT2D eigenvalue weighted by molar-refractivity contribution is 5.64. The molecule has 3 N–H and O–H groups in total. The van der Waals surface area contributed by atoms with Gasteiger partial charge in [-0.3, -0.25) is 14.5 Å². The molecule has 154 valence electrons. The first-order chi connectivity index (χ1) is 14.4. The van der Waals surface area contributed by atoms with E-state index in [4.69, 9.17) is 0 Å². The summed E-state index contributed by atoms with van der Waals surface area (Å²) in [7, 11) is 1.62. The number of halogens is 1. The van der Waals surface area contributed by atoms with E-state index in [9.17, 15) is 19.7 Å². The number of pyridine rings is 1. The highest BCUT2D eigenvalue weighted by Crippen LogP contribution is 2.55. The van der Waals surface area contributed by atoms with Crippen LogP contribution in [-0.4, -0.2) is 42.4 Å². The smallest absolute Gasteiger partial charge is 0.199 e. The molecule has 30 heavy (non-hydrogen) atoms. The van der Waals surface area contributed by atoms with E-state index in [2.05, 4.69) is 9.88 Å². The van der Waals surface area contributed by atoms with Gasteiger partial charge in [0, 0.05) is 42.5 Å². The normalized spacial score (nSPS) is 23.2. The SMILES string of the molecule is Cn1c(O)c2c(c1O)C1C[C@@H](O)CN1C2/C=C/c1ccc(-c2cccc(F)c2)cn1. The first-order valence-corrected chi connectivity index (χ1v) is 9.88. The Morgan fingerprint density at radius 2 is 1.90 bits per heavy atom. The average molecular weight is 407 g/mol. The lowest BCUT2D eigenvalue weighted by Gasteiger charge is -2.22. The Balaban J connectivity index is 1.45. The maximum absolute atomic E-state index is 13.5. The minimum Gasteiger partial charge on any atom is -0.494 e. The maximum atomic E-state index is 13.5. The molecule has 5 rings (SSSR count). The lowest BCUT2D eigenvalue weighted by atomic mass is 10.0. The van der Waals surface area contributed by atoms with Crippen molar-refractivity contribution < 1.29 is 19.7 Å². The van der Waals surface area contributed by atoms with E-state index in [1.54, 1.807) is 19.3 Å². The molecule has 2 aliphatic rings. The van der Waals surface area contributed by atoms with Gasteiger partial charge >= 0.3 is 0 Å². The molecule has 2 unspecified atom stereocenters. The summed E-state index contributed by atoms with van der Waals surface area (Å²) in [4.78, 5) is 6.54. The molecule has 7 heteroatoms. The minimum absolute atomic E-state index is 0.0375. The van der Waals surface area contributed by atoms with E-state index in [1.807, 2.05) is 30.4 Å². The molecule has 0 spiro atoms. The van der Waals surface area contributed by atoms with Gasteiger partial charge in [-0.05, 0) is 36.3 Å². The molecule has 4 heterocycles. The molecule has 1 saturated heterocycles. The van der Waals surface area contributed by atoms with Crippen molar-refractivity contribution in [2.75, 3.05) is 6.54 Å². The van der Waals surface area contributed by atoms with E-state index in [0.717, 1.165) is 16.8 Å². The largest absolute Gasteiger partial charge is 0.494 e. The highest BCUT2D eigenvalue weighted by Gasteiger charge is 2.48. The van der Waals surface area contributed by atoms with Gasteiger partial charge in [0.25, 0.3) is 0 Å². The van der Waals surface area contributed by atoms with Crippen molar-refractivity contribution in [1.82, 2.24) is 14.5 Å². The Kier molecular flexibility index (Phi) is 4.38. The van der Waals surface area contributed by atoms with Crippen LogP contribution >= 0.6 is 0 Å². The third kappa shape index (κ3) is 2.89. The molecule has 3 atom stereocenters. The van der Waals surface area contributed by atoms with Gasteiger partial charge in [0.1, 0.15) is 5.82 Å². The second kappa shape index (κ2) is 6.97. The van der Waals surface area contributed by atoms with Crippen molar-refractivity contribution >= 4 is 6.08 Å². The van der Waals surface area contributed by atoms with E-state index < -0.39 is 6.10 Å². The number of hydrogen-bond donors (Lipinski definition) is 3. The molecule has 6 nitrogen and oxygen atoms in total. The summed E-state index contributed by atoms with van der Waals surface area (Å²) in [5.41, 5.74) is 3.68. The van der Waals surface area contributed by atoms with Crippen LogP contribution < -0.4 is 0 Å². The van der Waals surface area contributed by atoms with Gasteiger partial charge in [-0.25, -0.2) is 4.39 Å². The minimum atomic E-state index is -0.468. The quantitative estimate of drug-likeness (QED) is 0.619. The fraction of sp³-hybridized carbons (Fsp3) is 0.261. The third-order valence-electron chi connectivity index (χ3n) is 6.10. The van der Waals surface area contributed by atoms with Crippen molar-refractivity contribution in [1.29, 1.82) is 0 Å². The van der Waals surface area contributed by atoms with Crippen LogP contribution in [0.1, 0.15) is 35.3 Å². The number of hydrogen-bond acceptors (Lipinski definition) is 5. The molecule has 0 saturated carbocycles. The number of benzene rings is 1. The summed E-state index contributed by atoms with van der Waals surface area (Å²) < 4.78 is 14.8. The zero-order valence-corrected chi connectivity index (χ0v) is 16.4. The maximum Gasteiger partial charge on any atom is 0.199 e. The molecule has 1 aromatic carbocycles. The Morgan fingerprint density at radius 1 is 1.10 bits per heavy atom. The Bertz CT molecular complexity index is 1140. The number of aromatic hydroxyl groups is 2. The fourth-order valence-corrected chi connectivity index (χ4v) is 4.66. The monoisotopic (exact) mass is 407 g/mol. The van der Waals surface area contributed by atoms with Gasteiger partial charge in [0.05, 0.1) is 17.8 Å². The van der Waals surface area contributed by atoms with E-state index in [-0.39, 0.29) is 29.7 Å². The van der Waals surface area contributed by atoms with Crippen molar-refractivity contribution in [3.05, 3.63) is 71.3 Å². The predicted molar refractivity (Wildman–Crippen MR) is 110 cm³/mol. The molecule has 3 aromatic rings. The molecular formula is C23H22FN3O3. The molecule has 0 aliphatic carbocycles. The summed E-state index contributed by atoms with van der Waals surface area (Å²) >= 11 is 0. The van der Waals surface area contributed by atoms with Crippen molar-refractivity contribution in [2.24, 2.45) is 7.05 Å². The predicted octanol–water partition coefficient (Wildman–Crippen LogP) is 3.51. The first-order valence-electron chi connectivity index (χ1n) is 9.88. The fourth-order valence-electron chi connectivity index (χ4n) is 4.66. The zero-order valence-electron chi connectivity index (χ0n) is 16.4. The van der Waals surface area contributed by atoms with Crippen LogP contribution in [0, 0.1) is 5.82 Å². The molecule has 0 amide bonds. The van der Waals surface area contributed by atoms with Crippen LogP contribution in [0.3, 0.4) is 0 Å². The summed E-state index contributed by atoms with van der Waals surface area (Å²) in [6.45, 7) is 0.475. The van der Waals surface area contributed by atoms with Gasteiger partial charge in [-0.2, -0.15) is 0 Å². The van der Waals surface area contributed by atoms with Gasteiger partial charge in [-0.1, -0.05) is 24.3 Å². The number of rotatable bonds is 3. The van der Waals surface area contributed by atoms with E-state index in [0.29, 0.717) is 24.1 Å². The van der Waals surface area contributed by atoms with Gasteiger partial charge < -0.3 is 15.3 Å². The van der Waals surface area contributed by atoms with Crippen molar-refractivity contribution in [2.45, 2.75) is 24.6 Å². The zero-order chi connectivity index (χ0) is 21.0. The Hall–Kier alpha value is -3.16. The summed E-state index contributed by atoms with van der Waals surface area (Å²) in [5.74, 6) is -0.211. The standard InChI is InChI=1S/C23H22FN3O3/c1-26-22(29)20-18(27-12-17(28)10-19(27)21(20)23(26)30)8-7-16-6-5-14(11-25-16)13-3-2-4-15(24)9-13/h2-9,11,17-19,28-30H,10,12H2,1H3/b8-7+/t17-,18?,19?/m1/s1. The lowest BCUT2D eigenvalue weighted by molar-refractivity contribution is 0.167. The van der Waals surface area contributed by atoms with Crippen LogP contribution in [0.15, 0.2) is 48.7 Å². The lowest BCUT2D eigenvalue weighted by Crippen LogP contribution is -2.23. The second-order valence-corrected chi connectivity index (χ2v) is 7.92. The molecule has 2 aliphatic heterocycles. The van der Waals surface area contributed by atoms with Crippen LogP contribution in [-0.2, 0) is 7.05 Å². The molecule has 1 fully saturated rings. The van der Waals surface area contributed by atoms with E-state index >= 15 is 0 Å². The highest BCUT2D eigenvalue weighted by atomic mass is 19.1. The molecule has 2 aromatic heterocycles. The Morgan fingerprint density at radius 3 is 2.63 bits per heavy atom. The van der Waals surface area contributed by atoms with Gasteiger partial charge in [0.2, 0.25) is 0 Å². The van der Waals surface area contributed by atoms with Crippen LogP contribution in [0.25, 0.3) is 17.2 Å². The third-order valence-corrected chi connectivity index (χ3v) is 6.10. The average Bonchev–Trinajstić information content (AvgIpc) is 3.32. The van der Waals surface area contributed by atoms with Crippen molar-refractivity contribution in [3.63, 3.8) is 0 Å². The number of nitrogens with zero attached hydrogens (tertiary/aromatic N) is 3. The second-order valence-electron chi connectivity index (χ2n) is 7.92. The van der Waals surface area contributed by atoms with E-state index in [1.165, 1.54) is 16.7 Å². The van der Waals surface area contributed by atoms with Crippen LogP contribution in [0.2, 0.25) is 0 Å². The molecule has 0 bridgehead atoms. The van der Waals surface area contributed by atoms with Crippen LogP contribution in [0.4, 0.5) is 4.39 Å². The number of aliphatic hydroxyl groups excluding tert-OH is 1. The van der Waals surface area contributed by atoms with Crippen LogP contribution in [0.5, 0.6) is 11.8 Å². The molecule has 0 radical (unpaired) electrons. The molecular weight excluding hydrogens is 385 g/mol. The topological polar surface area (TPSA) is 81.8 Å².